The molecule has 0 heterocycles. The smallest absolute Gasteiger partial charge is 0.0994 e. The van der Waals surface area contributed by atoms with Gasteiger partial charge in [-0.2, -0.15) is 5.26 Å². The summed E-state index contributed by atoms with van der Waals surface area (Å²) in [4.78, 5) is 0. The molecule has 0 N–H and O–H groups in total. The first-order chi connectivity index (χ1) is 5.81. The summed E-state index contributed by atoms with van der Waals surface area (Å²) in [7, 11) is 0. The maximum Gasteiger partial charge on any atom is 0.0994 e. The Labute approximate surface area is 72.0 Å². The lowest BCUT2D eigenvalue weighted by Crippen LogP contribution is -1.84. The van der Waals surface area contributed by atoms with E-state index >= 15 is 0 Å². The Kier molecular flexibility index (Phi) is 1.48. The third-order valence-corrected chi connectivity index (χ3v) is 2.20. The monoisotopic (exact) mass is 155 g/mol. The van der Waals surface area contributed by atoms with E-state index in [1.165, 1.54) is 11.1 Å². The number of benzene rings is 1. The SMILES string of the molecule is Cc1ccc2c(c1)C(C#N)=CC2. The average Bonchev–Trinajstić information content (AvgIpc) is 2.46. The minimum Gasteiger partial charge on any atom is -0.192 e. The van der Waals surface area contributed by atoms with E-state index in [0.717, 1.165) is 17.6 Å². The highest BCUT2D eigenvalue weighted by Gasteiger charge is 2.12. The zero-order chi connectivity index (χ0) is 8.55. The predicted octanol–water partition coefficient (Wildman–Crippen LogP) is 2.46. The van der Waals surface area contributed by atoms with Gasteiger partial charge in [0.05, 0.1) is 11.6 Å². The van der Waals surface area contributed by atoms with Crippen molar-refractivity contribution < 1.29 is 0 Å². The van der Waals surface area contributed by atoms with E-state index in [2.05, 4.69) is 24.3 Å². The molecular weight excluding hydrogens is 146 g/mol. The third-order valence-electron chi connectivity index (χ3n) is 2.20. The van der Waals surface area contributed by atoms with Gasteiger partial charge in [0, 0.05) is 0 Å². The molecule has 0 saturated carbocycles. The molecule has 0 spiro atoms. The van der Waals surface area contributed by atoms with Crippen molar-refractivity contribution in [1.82, 2.24) is 0 Å². The van der Waals surface area contributed by atoms with Gasteiger partial charge in [-0.1, -0.05) is 29.8 Å². The summed E-state index contributed by atoms with van der Waals surface area (Å²) in [6, 6.07) is 8.48. The van der Waals surface area contributed by atoms with Crippen molar-refractivity contribution in [3.05, 3.63) is 41.0 Å². The van der Waals surface area contributed by atoms with Gasteiger partial charge in [-0.15, -0.1) is 0 Å². The van der Waals surface area contributed by atoms with Gasteiger partial charge in [0.15, 0.2) is 0 Å². The Morgan fingerprint density at radius 3 is 3.00 bits per heavy atom. The Morgan fingerprint density at radius 1 is 1.42 bits per heavy atom. The van der Waals surface area contributed by atoms with E-state index < -0.39 is 0 Å². The second kappa shape index (κ2) is 2.49. The van der Waals surface area contributed by atoms with Gasteiger partial charge in [-0.3, -0.25) is 0 Å². The van der Waals surface area contributed by atoms with Crippen LogP contribution in [-0.2, 0) is 6.42 Å². The number of aryl methyl sites for hydroxylation is 1. The number of nitriles is 1. The minimum absolute atomic E-state index is 0.828. The van der Waals surface area contributed by atoms with E-state index in [0.29, 0.717) is 0 Å². The van der Waals surface area contributed by atoms with Gasteiger partial charge >= 0.3 is 0 Å². The highest BCUT2D eigenvalue weighted by atomic mass is 14.3. The fourth-order valence-electron chi connectivity index (χ4n) is 1.55. The molecule has 0 unspecified atom stereocenters. The van der Waals surface area contributed by atoms with Crippen molar-refractivity contribution in [1.29, 1.82) is 5.26 Å². The van der Waals surface area contributed by atoms with Crippen molar-refractivity contribution in [2.75, 3.05) is 0 Å². The number of rotatable bonds is 0. The molecule has 0 atom stereocenters. The molecule has 0 aromatic heterocycles. The normalized spacial score (nSPS) is 13.5. The van der Waals surface area contributed by atoms with Gasteiger partial charge in [0.2, 0.25) is 0 Å². The van der Waals surface area contributed by atoms with Crippen LogP contribution in [0.25, 0.3) is 5.57 Å². The molecule has 0 saturated heterocycles. The first-order valence-electron chi connectivity index (χ1n) is 4.01. The zero-order valence-corrected chi connectivity index (χ0v) is 6.96. The summed E-state index contributed by atoms with van der Waals surface area (Å²) >= 11 is 0. The van der Waals surface area contributed by atoms with Crippen LogP contribution in [0, 0.1) is 18.3 Å². The van der Waals surface area contributed by atoms with E-state index in [4.69, 9.17) is 5.26 Å². The molecule has 1 aliphatic carbocycles. The average molecular weight is 155 g/mol. The van der Waals surface area contributed by atoms with Crippen molar-refractivity contribution in [2.24, 2.45) is 0 Å². The number of hydrogen-bond acceptors (Lipinski definition) is 1. The quantitative estimate of drug-likeness (QED) is 0.564. The summed E-state index contributed by atoms with van der Waals surface area (Å²) in [5, 5.41) is 8.79. The summed E-state index contributed by atoms with van der Waals surface area (Å²) in [5.74, 6) is 0. The van der Waals surface area contributed by atoms with Crippen LogP contribution in [0.5, 0.6) is 0 Å². The predicted molar refractivity (Wildman–Crippen MR) is 48.5 cm³/mol. The van der Waals surface area contributed by atoms with Gasteiger partial charge in [0.1, 0.15) is 0 Å². The molecule has 58 valence electrons. The first-order valence-corrected chi connectivity index (χ1v) is 4.01. The minimum atomic E-state index is 0.828. The standard InChI is InChI=1S/C11H9N/c1-8-2-3-9-4-5-10(7-12)11(9)6-8/h2-3,5-6H,4H2,1H3. The molecule has 1 aromatic rings. The number of nitrogens with zero attached hydrogens (tertiary/aromatic N) is 1. The maximum atomic E-state index is 8.79. The van der Waals surface area contributed by atoms with Crippen LogP contribution >= 0.6 is 0 Å². The first kappa shape index (κ1) is 7.12. The van der Waals surface area contributed by atoms with Crippen molar-refractivity contribution in [3.63, 3.8) is 0 Å². The van der Waals surface area contributed by atoms with Gasteiger partial charge in [-0.05, 0) is 24.5 Å². The Bertz CT molecular complexity index is 394. The number of hydrogen-bond donors (Lipinski definition) is 0. The van der Waals surface area contributed by atoms with Crippen molar-refractivity contribution >= 4 is 5.57 Å². The maximum absolute atomic E-state index is 8.79. The Morgan fingerprint density at radius 2 is 2.25 bits per heavy atom. The van der Waals surface area contributed by atoms with Crippen LogP contribution in [0.3, 0.4) is 0 Å². The van der Waals surface area contributed by atoms with Crippen molar-refractivity contribution in [3.8, 4) is 6.07 Å². The molecule has 1 aromatic carbocycles. The summed E-state index contributed by atoms with van der Waals surface area (Å²) in [6.45, 7) is 2.05. The molecule has 1 nitrogen and oxygen atoms in total. The summed E-state index contributed by atoms with van der Waals surface area (Å²) in [6.07, 6.45) is 2.91. The lowest BCUT2D eigenvalue weighted by atomic mass is 10.0. The molecular formula is C11H9N. The molecule has 0 amide bonds. The molecule has 1 heteroatoms. The topological polar surface area (TPSA) is 23.8 Å². The van der Waals surface area contributed by atoms with Crippen molar-refractivity contribution in [2.45, 2.75) is 13.3 Å². The molecule has 0 bridgehead atoms. The number of allylic oxidation sites excluding steroid dienone is 2. The fourth-order valence-corrected chi connectivity index (χ4v) is 1.55. The van der Waals surface area contributed by atoms with Crippen LogP contribution in [0.2, 0.25) is 0 Å². The van der Waals surface area contributed by atoms with E-state index in [-0.39, 0.29) is 0 Å². The highest BCUT2D eigenvalue weighted by molar-refractivity contribution is 5.82. The zero-order valence-electron chi connectivity index (χ0n) is 6.96. The van der Waals surface area contributed by atoms with Gasteiger partial charge < -0.3 is 0 Å². The summed E-state index contributed by atoms with van der Waals surface area (Å²) < 4.78 is 0. The van der Waals surface area contributed by atoms with Crippen LogP contribution in [0.15, 0.2) is 24.3 Å². The molecule has 0 aliphatic heterocycles. The van der Waals surface area contributed by atoms with Crippen LogP contribution in [0.4, 0.5) is 0 Å². The Balaban J connectivity index is 2.59. The largest absolute Gasteiger partial charge is 0.192 e. The molecule has 1 aliphatic rings. The van der Waals surface area contributed by atoms with Crippen LogP contribution in [0.1, 0.15) is 16.7 Å². The van der Waals surface area contributed by atoms with E-state index in [9.17, 15) is 0 Å². The van der Waals surface area contributed by atoms with Gasteiger partial charge in [0.25, 0.3) is 0 Å². The van der Waals surface area contributed by atoms with E-state index in [1.807, 2.05) is 13.0 Å². The highest BCUT2D eigenvalue weighted by Crippen LogP contribution is 2.27. The Hall–Kier alpha value is -1.55. The van der Waals surface area contributed by atoms with E-state index in [1.54, 1.807) is 0 Å². The van der Waals surface area contributed by atoms with Gasteiger partial charge in [-0.25, -0.2) is 0 Å². The number of fused-ring (bicyclic) bond motifs is 1. The molecule has 2 rings (SSSR count). The lowest BCUT2D eigenvalue weighted by Gasteiger charge is -2.00. The lowest BCUT2D eigenvalue weighted by molar-refractivity contribution is 1.29. The molecule has 12 heavy (non-hydrogen) atoms. The summed E-state index contributed by atoms with van der Waals surface area (Å²) in [5.41, 5.74) is 4.44. The molecule has 0 radical (unpaired) electrons. The third kappa shape index (κ3) is 0.931. The van der Waals surface area contributed by atoms with Crippen LogP contribution < -0.4 is 0 Å². The second-order valence-corrected chi connectivity index (χ2v) is 3.09. The second-order valence-electron chi connectivity index (χ2n) is 3.09. The fraction of sp³-hybridized carbons (Fsp3) is 0.182. The van der Waals surface area contributed by atoms with Crippen LogP contribution in [-0.4, -0.2) is 0 Å². The molecule has 0 fully saturated rings.